The minimum atomic E-state index is 0.817. The van der Waals surface area contributed by atoms with Crippen molar-refractivity contribution < 1.29 is 4.74 Å². The summed E-state index contributed by atoms with van der Waals surface area (Å²) in [6, 6.07) is 0.817. The third-order valence-corrected chi connectivity index (χ3v) is 3.10. The summed E-state index contributed by atoms with van der Waals surface area (Å²) in [6.07, 6.45) is 5.40. The Morgan fingerprint density at radius 1 is 1.15 bits per heavy atom. The van der Waals surface area contributed by atoms with Crippen molar-refractivity contribution in [3.05, 3.63) is 0 Å². The predicted molar refractivity (Wildman–Crippen MR) is 55.9 cm³/mol. The van der Waals surface area contributed by atoms with E-state index in [4.69, 9.17) is 4.74 Å². The Balaban J connectivity index is 2.15. The molecular formula is C11H23NO. The van der Waals surface area contributed by atoms with Crippen LogP contribution in [0.2, 0.25) is 0 Å². The first-order valence-electron chi connectivity index (χ1n) is 5.48. The van der Waals surface area contributed by atoms with Gasteiger partial charge in [-0.05, 0) is 52.6 Å². The van der Waals surface area contributed by atoms with Crippen molar-refractivity contribution in [1.29, 1.82) is 0 Å². The Bertz CT molecular complexity index is 128. The maximum absolute atomic E-state index is 5.46. The molecule has 2 nitrogen and oxygen atoms in total. The van der Waals surface area contributed by atoms with E-state index in [9.17, 15) is 0 Å². The van der Waals surface area contributed by atoms with Crippen LogP contribution in [0.25, 0.3) is 0 Å². The summed E-state index contributed by atoms with van der Waals surface area (Å²) in [5.41, 5.74) is 0. The highest BCUT2D eigenvalue weighted by atomic mass is 16.5. The molecule has 2 heteroatoms. The predicted octanol–water partition coefficient (Wildman–Crippen LogP) is 2.14. The fourth-order valence-electron chi connectivity index (χ4n) is 2.11. The maximum atomic E-state index is 5.46. The lowest BCUT2D eigenvalue weighted by atomic mass is 9.86. The van der Waals surface area contributed by atoms with Crippen LogP contribution in [0, 0.1) is 5.92 Å². The topological polar surface area (TPSA) is 12.5 Å². The molecule has 13 heavy (non-hydrogen) atoms. The highest BCUT2D eigenvalue weighted by molar-refractivity contribution is 4.76. The van der Waals surface area contributed by atoms with Crippen LogP contribution in [0.5, 0.6) is 0 Å². The van der Waals surface area contributed by atoms with E-state index in [0.29, 0.717) is 0 Å². The molecule has 0 atom stereocenters. The van der Waals surface area contributed by atoms with E-state index in [1.807, 2.05) is 0 Å². The molecule has 0 aromatic rings. The minimum Gasteiger partial charge on any atom is -0.381 e. The van der Waals surface area contributed by atoms with E-state index in [1.54, 1.807) is 0 Å². The Kier molecular flexibility index (Phi) is 4.74. The van der Waals surface area contributed by atoms with Crippen molar-refractivity contribution in [1.82, 2.24) is 4.90 Å². The van der Waals surface area contributed by atoms with Gasteiger partial charge in [0.05, 0.1) is 0 Å². The Hall–Kier alpha value is -0.0800. The van der Waals surface area contributed by atoms with Crippen LogP contribution in [-0.2, 0) is 4.74 Å². The molecule has 1 saturated carbocycles. The quantitative estimate of drug-likeness (QED) is 0.665. The van der Waals surface area contributed by atoms with Crippen molar-refractivity contribution >= 4 is 0 Å². The first-order chi connectivity index (χ1) is 6.24. The van der Waals surface area contributed by atoms with Gasteiger partial charge in [0.15, 0.2) is 0 Å². The van der Waals surface area contributed by atoms with E-state index in [-0.39, 0.29) is 0 Å². The zero-order chi connectivity index (χ0) is 9.68. The lowest BCUT2D eigenvalue weighted by Crippen LogP contribution is -2.33. The van der Waals surface area contributed by atoms with Gasteiger partial charge in [-0.2, -0.15) is 0 Å². The number of ether oxygens (including phenoxy) is 1. The summed E-state index contributed by atoms with van der Waals surface area (Å²) in [7, 11) is 4.38. The molecule has 1 fully saturated rings. The van der Waals surface area contributed by atoms with Crippen LogP contribution in [0.1, 0.15) is 32.6 Å². The van der Waals surface area contributed by atoms with Crippen molar-refractivity contribution in [3.8, 4) is 0 Å². The fourth-order valence-corrected chi connectivity index (χ4v) is 2.11. The second-order valence-electron chi connectivity index (χ2n) is 4.30. The summed E-state index contributed by atoms with van der Waals surface area (Å²) in [4.78, 5) is 2.36. The van der Waals surface area contributed by atoms with Crippen molar-refractivity contribution in [2.24, 2.45) is 5.92 Å². The molecule has 0 radical (unpaired) electrons. The van der Waals surface area contributed by atoms with Crippen LogP contribution in [0.3, 0.4) is 0 Å². The van der Waals surface area contributed by atoms with Gasteiger partial charge in [-0.25, -0.2) is 0 Å². The van der Waals surface area contributed by atoms with E-state index in [2.05, 4.69) is 25.9 Å². The smallest absolute Gasteiger partial charge is 0.0494 e. The first-order valence-corrected chi connectivity index (χ1v) is 5.48. The second kappa shape index (κ2) is 5.61. The average Bonchev–Trinajstić information content (AvgIpc) is 2.15. The van der Waals surface area contributed by atoms with Gasteiger partial charge in [0, 0.05) is 19.3 Å². The van der Waals surface area contributed by atoms with E-state index in [1.165, 1.54) is 25.7 Å². The number of rotatable bonds is 4. The van der Waals surface area contributed by atoms with Gasteiger partial charge in [0.25, 0.3) is 0 Å². The van der Waals surface area contributed by atoms with E-state index in [0.717, 1.165) is 25.2 Å². The largest absolute Gasteiger partial charge is 0.381 e. The summed E-state index contributed by atoms with van der Waals surface area (Å²) >= 11 is 0. The zero-order valence-corrected chi connectivity index (χ0v) is 9.25. The van der Waals surface area contributed by atoms with Gasteiger partial charge in [-0.1, -0.05) is 0 Å². The monoisotopic (exact) mass is 185 g/mol. The molecule has 0 spiro atoms. The average molecular weight is 185 g/mol. The van der Waals surface area contributed by atoms with Gasteiger partial charge < -0.3 is 9.64 Å². The van der Waals surface area contributed by atoms with Crippen LogP contribution in [-0.4, -0.2) is 38.3 Å². The van der Waals surface area contributed by atoms with E-state index >= 15 is 0 Å². The fraction of sp³-hybridized carbons (Fsp3) is 1.00. The van der Waals surface area contributed by atoms with Crippen molar-refractivity contribution in [3.63, 3.8) is 0 Å². The molecule has 78 valence electrons. The maximum Gasteiger partial charge on any atom is 0.0494 e. The molecule has 1 aliphatic rings. The van der Waals surface area contributed by atoms with Gasteiger partial charge >= 0.3 is 0 Å². The summed E-state index contributed by atoms with van der Waals surface area (Å²) in [6.45, 7) is 3.93. The molecule has 1 rings (SSSR count). The van der Waals surface area contributed by atoms with Crippen LogP contribution in [0.4, 0.5) is 0 Å². The first kappa shape index (κ1) is 11.0. The molecule has 0 saturated heterocycles. The molecule has 0 N–H and O–H groups in total. The van der Waals surface area contributed by atoms with Crippen molar-refractivity contribution in [2.45, 2.75) is 38.6 Å². The lowest BCUT2D eigenvalue weighted by Gasteiger charge is -2.32. The van der Waals surface area contributed by atoms with Gasteiger partial charge in [-0.3, -0.25) is 0 Å². The molecule has 0 aromatic heterocycles. The molecule has 1 aliphatic carbocycles. The molecule has 0 amide bonds. The number of hydrogen-bond acceptors (Lipinski definition) is 2. The zero-order valence-electron chi connectivity index (χ0n) is 9.25. The molecule has 0 aliphatic heterocycles. The van der Waals surface area contributed by atoms with Gasteiger partial charge in [0.1, 0.15) is 0 Å². The molecule has 0 aromatic carbocycles. The second-order valence-corrected chi connectivity index (χ2v) is 4.30. The van der Waals surface area contributed by atoms with Gasteiger partial charge in [-0.15, -0.1) is 0 Å². The highest BCUT2D eigenvalue weighted by Crippen LogP contribution is 2.26. The Morgan fingerprint density at radius 3 is 2.23 bits per heavy atom. The van der Waals surface area contributed by atoms with Crippen LogP contribution in [0.15, 0.2) is 0 Å². The standard InChI is InChI=1S/C11H23NO/c1-4-13-9-10-5-7-11(8-6-10)12(2)3/h10-11H,4-9H2,1-3H3. The van der Waals surface area contributed by atoms with E-state index < -0.39 is 0 Å². The Morgan fingerprint density at radius 2 is 1.77 bits per heavy atom. The third-order valence-electron chi connectivity index (χ3n) is 3.10. The van der Waals surface area contributed by atoms with Gasteiger partial charge in [0.2, 0.25) is 0 Å². The summed E-state index contributed by atoms with van der Waals surface area (Å²) in [5.74, 6) is 0.830. The lowest BCUT2D eigenvalue weighted by molar-refractivity contribution is 0.0797. The highest BCUT2D eigenvalue weighted by Gasteiger charge is 2.21. The molecule has 0 unspecified atom stereocenters. The third kappa shape index (κ3) is 3.65. The number of hydrogen-bond donors (Lipinski definition) is 0. The molecule has 0 heterocycles. The summed E-state index contributed by atoms with van der Waals surface area (Å²) < 4.78 is 5.46. The van der Waals surface area contributed by atoms with Crippen LogP contribution >= 0.6 is 0 Å². The summed E-state index contributed by atoms with van der Waals surface area (Å²) in [5, 5.41) is 0. The normalized spacial score (nSPS) is 29.5. The van der Waals surface area contributed by atoms with Crippen molar-refractivity contribution in [2.75, 3.05) is 27.3 Å². The van der Waals surface area contributed by atoms with Crippen LogP contribution < -0.4 is 0 Å². The SMILES string of the molecule is CCOCC1CCC(N(C)C)CC1. The molecule has 0 bridgehead atoms. The Labute approximate surface area is 82.3 Å². The minimum absolute atomic E-state index is 0.817. The number of nitrogens with zero attached hydrogens (tertiary/aromatic N) is 1. The molecular weight excluding hydrogens is 162 g/mol.